The molecule has 0 saturated heterocycles. The summed E-state index contributed by atoms with van der Waals surface area (Å²) in [7, 11) is -14.7. The zero-order chi connectivity index (χ0) is 23.9. The number of aryl methyl sites for hydroxylation is 2. The van der Waals surface area contributed by atoms with Gasteiger partial charge in [0.1, 0.15) is 11.5 Å². The van der Waals surface area contributed by atoms with Crippen molar-refractivity contribution < 1.29 is 62.5 Å². The van der Waals surface area contributed by atoms with E-state index in [1.54, 1.807) is 6.07 Å². The number of phosphoric acid groups is 3. The molecule has 0 aliphatic carbocycles. The van der Waals surface area contributed by atoms with Crippen LogP contribution in [0.5, 0.6) is 11.5 Å². The Balaban J connectivity index is 0.000000509. The van der Waals surface area contributed by atoms with E-state index in [1.165, 1.54) is 12.1 Å². The molecule has 16 heteroatoms. The van der Waals surface area contributed by atoms with Gasteiger partial charge in [0, 0.05) is 5.56 Å². The molecule has 9 N–H and O–H groups in total. The maximum atomic E-state index is 9.83. The third kappa shape index (κ3) is 13.6. The Labute approximate surface area is 170 Å². The first kappa shape index (κ1) is 28.4. The second kappa shape index (κ2) is 11.1. The number of benzene rings is 2. The first-order valence-corrected chi connectivity index (χ1v) is 12.1. The fraction of sp³-hybridized carbons (Fsp3) is 0.143. The van der Waals surface area contributed by atoms with Crippen molar-refractivity contribution in [2.24, 2.45) is 0 Å². The molecule has 0 bridgehead atoms. The van der Waals surface area contributed by atoms with Crippen LogP contribution < -0.4 is 0 Å². The van der Waals surface area contributed by atoms with Crippen LogP contribution in [-0.2, 0) is 18.0 Å². The lowest BCUT2D eigenvalue weighted by atomic mass is 9.95. The predicted molar refractivity (Wildman–Crippen MR) is 104 cm³/mol. The molecule has 0 atom stereocenters. The van der Waals surface area contributed by atoms with Crippen LogP contribution in [0.15, 0.2) is 36.4 Å². The molecule has 13 nitrogen and oxygen atoms in total. The Bertz CT molecular complexity index is 940. The van der Waals surface area contributed by atoms with E-state index in [0.29, 0.717) is 5.56 Å². The van der Waals surface area contributed by atoms with Crippen molar-refractivity contribution in [2.45, 2.75) is 13.8 Å². The number of phenolic OH excluding ortho intramolecular Hbond substituents is 2. The molecule has 2 rings (SSSR count). The van der Waals surface area contributed by atoms with Gasteiger partial charge in [-0.05, 0) is 48.7 Å². The molecule has 0 heterocycles. The smallest absolute Gasteiger partial charge is 0.478 e. The van der Waals surface area contributed by atoms with E-state index in [1.807, 2.05) is 32.0 Å². The van der Waals surface area contributed by atoms with E-state index >= 15 is 0 Å². The Kier molecular flexibility index (Phi) is 10.6. The van der Waals surface area contributed by atoms with Gasteiger partial charge in [0.25, 0.3) is 0 Å². The summed E-state index contributed by atoms with van der Waals surface area (Å²) in [5, 5.41) is 19.3. The van der Waals surface area contributed by atoms with Gasteiger partial charge < -0.3 is 44.5 Å². The van der Waals surface area contributed by atoms with Crippen molar-refractivity contribution in [3.8, 4) is 22.6 Å². The fourth-order valence-corrected chi connectivity index (χ4v) is 3.21. The number of rotatable bonds is 3. The molecular weight excluding hydrogens is 469 g/mol. The zero-order valence-corrected chi connectivity index (χ0v) is 18.1. The van der Waals surface area contributed by atoms with Crippen LogP contribution in [0.2, 0.25) is 0 Å². The summed E-state index contributed by atoms with van der Waals surface area (Å²) in [4.78, 5) is 52.6. The highest BCUT2D eigenvalue weighted by Gasteiger charge is 2.27. The molecule has 0 aliphatic rings. The van der Waals surface area contributed by atoms with Gasteiger partial charge in [-0.25, -0.2) is 13.7 Å². The Morgan fingerprint density at radius 1 is 0.733 bits per heavy atom. The summed E-state index contributed by atoms with van der Waals surface area (Å²) in [6.45, 7) is 3.98. The third-order valence-corrected chi connectivity index (χ3v) is 4.65. The molecule has 0 radical (unpaired) electrons. The summed E-state index contributed by atoms with van der Waals surface area (Å²) in [5.41, 5.74) is 3.83. The summed E-state index contributed by atoms with van der Waals surface area (Å²) >= 11 is 0. The number of aromatic hydroxyl groups is 2. The molecule has 0 aliphatic heterocycles. The molecular formula is C14H21O13P3. The normalized spacial score (nSPS) is 11.6. The lowest BCUT2D eigenvalue weighted by molar-refractivity contribution is 0.225. The van der Waals surface area contributed by atoms with Crippen molar-refractivity contribution in [3.05, 3.63) is 47.5 Å². The molecule has 0 spiro atoms. The molecule has 0 unspecified atom stereocenters. The Morgan fingerprint density at radius 3 is 1.47 bits per heavy atom. The van der Waals surface area contributed by atoms with E-state index in [-0.39, 0.29) is 11.5 Å². The minimum atomic E-state index is -5.05. The van der Waals surface area contributed by atoms with Gasteiger partial charge in [-0.1, -0.05) is 18.2 Å². The van der Waals surface area contributed by atoms with Crippen molar-refractivity contribution >= 4 is 23.5 Å². The predicted octanol–water partition coefficient (Wildman–Crippen LogP) is 1.64. The van der Waals surface area contributed by atoms with Crippen LogP contribution in [0.3, 0.4) is 0 Å². The van der Waals surface area contributed by atoms with Gasteiger partial charge in [0.05, 0.1) is 0 Å². The third-order valence-electron chi connectivity index (χ3n) is 2.94. The second-order valence-electron chi connectivity index (χ2n) is 5.54. The second-order valence-corrected chi connectivity index (χ2v) is 9.19. The minimum Gasteiger partial charge on any atom is -0.508 e. The lowest BCUT2D eigenvalue weighted by Gasteiger charge is -2.11. The monoisotopic (exact) mass is 490 g/mol. The van der Waals surface area contributed by atoms with Gasteiger partial charge in [0.2, 0.25) is 0 Å². The van der Waals surface area contributed by atoms with Crippen LogP contribution in [0, 0.1) is 13.8 Å². The summed E-state index contributed by atoms with van der Waals surface area (Å²) in [6.07, 6.45) is 0. The molecule has 0 fully saturated rings. The molecule has 0 aromatic heterocycles. The van der Waals surface area contributed by atoms with Gasteiger partial charge >= 0.3 is 23.5 Å². The number of hydrogen-bond donors (Lipinski definition) is 9. The Hall–Kier alpha value is -1.59. The maximum absolute atomic E-state index is 9.83. The molecule has 2 aromatic carbocycles. The largest absolute Gasteiger partial charge is 0.508 e. The van der Waals surface area contributed by atoms with Crippen molar-refractivity contribution in [1.82, 2.24) is 0 Å². The Morgan fingerprint density at radius 2 is 1.13 bits per heavy atom. The maximum Gasteiger partial charge on any atom is 0.478 e. The highest BCUT2D eigenvalue weighted by molar-refractivity contribution is 7.60. The zero-order valence-electron chi connectivity index (χ0n) is 15.5. The standard InChI is InChI=1S/C14H14O2.H4O7P2.H3O4P/c1-9-4-3-5-10(2)14(9)12-8-11(15)6-7-13(12)16;1-8(2,3)7-9(4,5)6;1-5(2,3)4/h3-8,15-16H,1-2H3;(H2,1,2,3)(H2,4,5,6);(H3,1,2,3,4). The minimum absolute atomic E-state index is 0.162. The first-order valence-electron chi connectivity index (χ1n) is 7.49. The van der Waals surface area contributed by atoms with Crippen molar-refractivity contribution in [3.63, 3.8) is 0 Å². The van der Waals surface area contributed by atoms with Crippen LogP contribution >= 0.6 is 23.5 Å². The molecule has 0 amide bonds. The lowest BCUT2D eigenvalue weighted by Crippen LogP contribution is -1.88. The summed E-state index contributed by atoms with van der Waals surface area (Å²) in [6, 6.07) is 10.5. The van der Waals surface area contributed by atoms with Gasteiger partial charge in [-0.15, -0.1) is 0 Å². The molecule has 2 aromatic rings. The number of hydrogen-bond acceptors (Lipinski definition) is 6. The van der Waals surface area contributed by atoms with Crippen molar-refractivity contribution in [1.29, 1.82) is 0 Å². The molecule has 0 saturated carbocycles. The van der Waals surface area contributed by atoms with E-state index < -0.39 is 23.5 Å². The fourth-order valence-electron chi connectivity index (χ4n) is 2.10. The van der Waals surface area contributed by atoms with Gasteiger partial charge in [-0.3, -0.25) is 0 Å². The number of phenols is 2. The van der Waals surface area contributed by atoms with Crippen molar-refractivity contribution in [2.75, 3.05) is 0 Å². The van der Waals surface area contributed by atoms with Crippen LogP contribution in [0.25, 0.3) is 11.1 Å². The van der Waals surface area contributed by atoms with E-state index in [4.69, 9.17) is 38.8 Å². The SMILES string of the molecule is Cc1cccc(C)c1-c1cc(O)ccc1O.O=P(O)(O)O.O=P(O)(O)OP(=O)(O)O. The summed E-state index contributed by atoms with van der Waals surface area (Å²) in [5.74, 6) is 0.352. The highest BCUT2D eigenvalue weighted by Crippen LogP contribution is 2.53. The molecule has 170 valence electrons. The average Bonchev–Trinajstić information content (AvgIpc) is 2.45. The highest BCUT2D eigenvalue weighted by atomic mass is 31.3. The van der Waals surface area contributed by atoms with Gasteiger partial charge in [-0.2, -0.15) is 4.31 Å². The average molecular weight is 490 g/mol. The van der Waals surface area contributed by atoms with E-state index in [0.717, 1.165) is 16.7 Å². The van der Waals surface area contributed by atoms with E-state index in [9.17, 15) is 19.3 Å². The van der Waals surface area contributed by atoms with Crippen LogP contribution in [0.1, 0.15) is 11.1 Å². The summed E-state index contributed by atoms with van der Waals surface area (Å²) < 4.78 is 31.1. The van der Waals surface area contributed by atoms with E-state index in [2.05, 4.69) is 4.31 Å². The van der Waals surface area contributed by atoms with Crippen LogP contribution in [-0.4, -0.2) is 44.5 Å². The van der Waals surface area contributed by atoms with Gasteiger partial charge in [0.15, 0.2) is 0 Å². The molecule has 30 heavy (non-hydrogen) atoms. The first-order chi connectivity index (χ1) is 13.3. The topological polar surface area (TPSA) is 243 Å². The van der Waals surface area contributed by atoms with Crippen LogP contribution in [0.4, 0.5) is 0 Å². The quantitative estimate of drug-likeness (QED) is 0.220.